The number of aromatic nitrogens is 2. The number of hydrogen-bond acceptors (Lipinski definition) is 4. The lowest BCUT2D eigenvalue weighted by atomic mass is 10.0. The minimum atomic E-state index is -0.239. The van der Waals surface area contributed by atoms with E-state index in [4.69, 9.17) is 0 Å². The lowest BCUT2D eigenvalue weighted by Crippen LogP contribution is -1.99. The van der Waals surface area contributed by atoms with E-state index in [1.807, 2.05) is 19.1 Å². The molecule has 0 aliphatic rings. The minimum Gasteiger partial charge on any atom is -0.340 e. The van der Waals surface area contributed by atoms with Gasteiger partial charge in [0.1, 0.15) is 22.3 Å². The van der Waals surface area contributed by atoms with E-state index in [2.05, 4.69) is 54.3 Å². The van der Waals surface area contributed by atoms with Crippen molar-refractivity contribution >= 4 is 33.1 Å². The molecule has 0 atom stereocenters. The van der Waals surface area contributed by atoms with E-state index >= 15 is 0 Å². The van der Waals surface area contributed by atoms with Crippen LogP contribution in [-0.2, 0) is 0 Å². The predicted molar refractivity (Wildman–Crippen MR) is 111 cm³/mol. The molecule has 27 heavy (non-hydrogen) atoms. The smallest absolute Gasteiger partial charge is 0.143 e. The second kappa shape index (κ2) is 6.74. The molecule has 0 radical (unpaired) electrons. The largest absolute Gasteiger partial charge is 0.340 e. The van der Waals surface area contributed by atoms with Gasteiger partial charge in [0.2, 0.25) is 0 Å². The SMILES string of the molecule is Cc1cc(C)cc(Nc2nc(C)nc3sc(C)c(-c4ccc(F)cc4)c23)c1. The number of hydrogen-bond donors (Lipinski definition) is 1. The number of nitrogens with one attached hydrogen (secondary N) is 1. The van der Waals surface area contributed by atoms with E-state index in [1.54, 1.807) is 11.3 Å². The Labute approximate surface area is 161 Å². The summed E-state index contributed by atoms with van der Waals surface area (Å²) in [5.74, 6) is 1.27. The molecular formula is C22H20FN3S. The van der Waals surface area contributed by atoms with Crippen LogP contribution in [0, 0.1) is 33.5 Å². The molecule has 2 aromatic heterocycles. The summed E-state index contributed by atoms with van der Waals surface area (Å²) >= 11 is 1.64. The second-order valence-corrected chi connectivity index (χ2v) is 8.04. The van der Waals surface area contributed by atoms with Gasteiger partial charge in [0.25, 0.3) is 0 Å². The van der Waals surface area contributed by atoms with Gasteiger partial charge in [-0.3, -0.25) is 0 Å². The molecule has 2 aromatic carbocycles. The molecule has 2 heterocycles. The lowest BCUT2D eigenvalue weighted by molar-refractivity contribution is 0.628. The zero-order chi connectivity index (χ0) is 19.1. The van der Waals surface area contributed by atoms with E-state index in [-0.39, 0.29) is 5.82 Å². The average Bonchev–Trinajstić information content (AvgIpc) is 2.90. The zero-order valence-corrected chi connectivity index (χ0v) is 16.5. The molecular weight excluding hydrogens is 357 g/mol. The summed E-state index contributed by atoms with van der Waals surface area (Å²) in [4.78, 5) is 11.4. The highest BCUT2D eigenvalue weighted by atomic mass is 32.1. The minimum absolute atomic E-state index is 0.239. The highest BCUT2D eigenvalue weighted by Gasteiger charge is 2.18. The first-order valence-electron chi connectivity index (χ1n) is 8.80. The van der Waals surface area contributed by atoms with Crippen molar-refractivity contribution in [2.75, 3.05) is 5.32 Å². The molecule has 0 fully saturated rings. The summed E-state index contributed by atoms with van der Waals surface area (Å²) in [6.07, 6.45) is 0. The van der Waals surface area contributed by atoms with Crippen LogP contribution in [0.5, 0.6) is 0 Å². The Balaban J connectivity index is 1.93. The summed E-state index contributed by atoms with van der Waals surface area (Å²) in [6, 6.07) is 13.0. The fourth-order valence-corrected chi connectivity index (χ4v) is 4.55. The van der Waals surface area contributed by atoms with E-state index in [0.29, 0.717) is 0 Å². The fourth-order valence-electron chi connectivity index (χ4n) is 3.46. The standard InChI is InChI=1S/C22H20FN3S/c1-12-9-13(2)11-18(10-12)26-21-20-19(16-5-7-17(23)8-6-16)14(3)27-22(20)25-15(4)24-21/h5-11H,1-4H3,(H,24,25,26). The number of aryl methyl sites for hydroxylation is 4. The molecule has 0 aliphatic heterocycles. The normalized spacial score (nSPS) is 11.1. The number of halogens is 1. The van der Waals surface area contributed by atoms with Crippen LogP contribution in [0.25, 0.3) is 21.3 Å². The van der Waals surface area contributed by atoms with Gasteiger partial charge in [-0.1, -0.05) is 18.2 Å². The van der Waals surface area contributed by atoms with E-state index in [1.165, 1.54) is 23.3 Å². The van der Waals surface area contributed by atoms with Crippen molar-refractivity contribution in [2.24, 2.45) is 0 Å². The number of nitrogens with zero attached hydrogens (tertiary/aromatic N) is 2. The molecule has 1 N–H and O–H groups in total. The van der Waals surface area contributed by atoms with Crippen LogP contribution in [0.2, 0.25) is 0 Å². The third kappa shape index (κ3) is 3.43. The van der Waals surface area contributed by atoms with Gasteiger partial charge in [0.05, 0.1) is 5.39 Å². The Kier molecular flexibility index (Phi) is 4.40. The molecule has 0 bridgehead atoms. The van der Waals surface area contributed by atoms with Crippen LogP contribution < -0.4 is 5.32 Å². The van der Waals surface area contributed by atoms with Crippen molar-refractivity contribution in [3.05, 3.63) is 70.1 Å². The number of thiophene rings is 1. The van der Waals surface area contributed by atoms with Crippen molar-refractivity contribution < 1.29 is 4.39 Å². The van der Waals surface area contributed by atoms with Gasteiger partial charge in [-0.25, -0.2) is 14.4 Å². The van der Waals surface area contributed by atoms with Gasteiger partial charge >= 0.3 is 0 Å². The average molecular weight is 377 g/mol. The predicted octanol–water partition coefficient (Wildman–Crippen LogP) is 6.47. The molecule has 0 saturated carbocycles. The Morgan fingerprint density at radius 1 is 0.889 bits per heavy atom. The maximum Gasteiger partial charge on any atom is 0.143 e. The highest BCUT2D eigenvalue weighted by Crippen LogP contribution is 2.41. The van der Waals surface area contributed by atoms with Crippen molar-refractivity contribution in [1.82, 2.24) is 9.97 Å². The summed E-state index contributed by atoms with van der Waals surface area (Å²) in [5, 5.41) is 4.47. The lowest BCUT2D eigenvalue weighted by Gasteiger charge is -2.11. The molecule has 0 spiro atoms. The van der Waals surface area contributed by atoms with Gasteiger partial charge in [0.15, 0.2) is 0 Å². The molecule has 136 valence electrons. The third-order valence-corrected chi connectivity index (χ3v) is 5.46. The van der Waals surface area contributed by atoms with E-state index in [0.717, 1.165) is 43.6 Å². The monoisotopic (exact) mass is 377 g/mol. The number of rotatable bonds is 3. The molecule has 3 nitrogen and oxygen atoms in total. The van der Waals surface area contributed by atoms with Gasteiger partial charge in [0, 0.05) is 16.1 Å². The van der Waals surface area contributed by atoms with Crippen LogP contribution in [0.3, 0.4) is 0 Å². The molecule has 0 unspecified atom stereocenters. The van der Waals surface area contributed by atoms with Crippen LogP contribution in [0.4, 0.5) is 15.9 Å². The molecule has 4 aromatic rings. The van der Waals surface area contributed by atoms with E-state index in [9.17, 15) is 4.39 Å². The van der Waals surface area contributed by atoms with Crippen molar-refractivity contribution in [3.63, 3.8) is 0 Å². The molecule has 4 rings (SSSR count). The van der Waals surface area contributed by atoms with Crippen molar-refractivity contribution in [2.45, 2.75) is 27.7 Å². The molecule has 0 amide bonds. The Morgan fingerprint density at radius 3 is 2.22 bits per heavy atom. The highest BCUT2D eigenvalue weighted by molar-refractivity contribution is 7.19. The maximum atomic E-state index is 13.4. The molecule has 0 saturated heterocycles. The van der Waals surface area contributed by atoms with Gasteiger partial charge < -0.3 is 5.32 Å². The first kappa shape index (κ1) is 17.6. The topological polar surface area (TPSA) is 37.8 Å². The van der Waals surface area contributed by atoms with Crippen LogP contribution in [0.1, 0.15) is 21.8 Å². The molecule has 5 heteroatoms. The quantitative estimate of drug-likeness (QED) is 0.444. The third-order valence-electron chi connectivity index (χ3n) is 4.46. The van der Waals surface area contributed by atoms with Gasteiger partial charge in [-0.2, -0.15) is 0 Å². The first-order valence-corrected chi connectivity index (χ1v) is 9.61. The number of anilines is 2. The first-order chi connectivity index (χ1) is 12.9. The zero-order valence-electron chi connectivity index (χ0n) is 15.7. The Hall–Kier alpha value is -2.79. The summed E-state index contributed by atoms with van der Waals surface area (Å²) in [5.41, 5.74) is 5.42. The van der Waals surface area contributed by atoms with Crippen molar-refractivity contribution in [1.29, 1.82) is 0 Å². The number of fused-ring (bicyclic) bond motifs is 1. The number of benzene rings is 2. The maximum absolute atomic E-state index is 13.4. The fraction of sp³-hybridized carbons (Fsp3) is 0.182. The van der Waals surface area contributed by atoms with Crippen LogP contribution in [-0.4, -0.2) is 9.97 Å². The van der Waals surface area contributed by atoms with Crippen LogP contribution in [0.15, 0.2) is 42.5 Å². The summed E-state index contributed by atoms with van der Waals surface area (Å²) in [7, 11) is 0. The van der Waals surface area contributed by atoms with Crippen LogP contribution >= 0.6 is 11.3 Å². The van der Waals surface area contributed by atoms with Gasteiger partial charge in [-0.05, 0) is 68.7 Å². The van der Waals surface area contributed by atoms with Crippen molar-refractivity contribution in [3.8, 4) is 11.1 Å². The summed E-state index contributed by atoms with van der Waals surface area (Å²) in [6.45, 7) is 8.13. The molecule has 0 aliphatic carbocycles. The van der Waals surface area contributed by atoms with Gasteiger partial charge in [-0.15, -0.1) is 11.3 Å². The Morgan fingerprint density at radius 2 is 1.56 bits per heavy atom. The second-order valence-electron chi connectivity index (χ2n) is 6.84. The Bertz CT molecular complexity index is 1130. The summed E-state index contributed by atoms with van der Waals surface area (Å²) < 4.78 is 13.4. The van der Waals surface area contributed by atoms with E-state index < -0.39 is 0 Å².